The van der Waals surface area contributed by atoms with Crippen LogP contribution in [0.4, 0.5) is 0 Å². The molecule has 0 aromatic carbocycles. The number of hydrogen-bond donors (Lipinski definition) is 0. The minimum Gasteiger partial charge on any atom is -0.234 e. The molecule has 1 atom stereocenters. The van der Waals surface area contributed by atoms with E-state index in [1.807, 2.05) is 20.8 Å². The van der Waals surface area contributed by atoms with Gasteiger partial charge in [-0.2, -0.15) is 4.40 Å². The first-order valence-electron chi connectivity index (χ1n) is 5.48. The molecule has 0 aliphatic heterocycles. The molecule has 0 unspecified atom stereocenters. The van der Waals surface area contributed by atoms with E-state index in [1.165, 1.54) is 31.4 Å². The van der Waals surface area contributed by atoms with Gasteiger partial charge in [-0.15, -0.1) is 0 Å². The van der Waals surface area contributed by atoms with Crippen molar-refractivity contribution in [1.82, 2.24) is 0 Å². The molecule has 1 fully saturated rings. The Labute approximate surface area is 89.8 Å². The summed E-state index contributed by atoms with van der Waals surface area (Å²) >= 11 is 0. The van der Waals surface area contributed by atoms with Crippen molar-refractivity contribution >= 4 is 16.7 Å². The standard InChI is InChI=1S/C11H21NOS/c1-11(2,3)14(13)12-10-8-6-4-5-7-9-10/h4-9H2,1-3H3/t14-/m0/s1. The van der Waals surface area contributed by atoms with E-state index in [9.17, 15) is 4.21 Å². The molecule has 1 aliphatic carbocycles. The summed E-state index contributed by atoms with van der Waals surface area (Å²) in [5.74, 6) is 0. The van der Waals surface area contributed by atoms with Crippen LogP contribution in [0.25, 0.3) is 0 Å². The fraction of sp³-hybridized carbons (Fsp3) is 0.909. The first kappa shape index (κ1) is 11.9. The summed E-state index contributed by atoms with van der Waals surface area (Å²) in [6.07, 6.45) is 7.17. The summed E-state index contributed by atoms with van der Waals surface area (Å²) in [6.45, 7) is 5.93. The maximum absolute atomic E-state index is 11.8. The molecule has 1 aliphatic rings. The molecule has 0 N–H and O–H groups in total. The molecule has 0 amide bonds. The van der Waals surface area contributed by atoms with Crippen LogP contribution in [0.3, 0.4) is 0 Å². The lowest BCUT2D eigenvalue weighted by Gasteiger charge is -2.14. The van der Waals surface area contributed by atoms with Crippen molar-refractivity contribution in [3.05, 3.63) is 0 Å². The largest absolute Gasteiger partial charge is 0.234 e. The highest BCUT2D eigenvalue weighted by atomic mass is 32.2. The van der Waals surface area contributed by atoms with Gasteiger partial charge in [0.2, 0.25) is 0 Å². The lowest BCUT2D eigenvalue weighted by Crippen LogP contribution is -2.20. The van der Waals surface area contributed by atoms with Crippen LogP contribution in [0.15, 0.2) is 4.40 Å². The van der Waals surface area contributed by atoms with Crippen LogP contribution in [-0.4, -0.2) is 14.7 Å². The fourth-order valence-electron chi connectivity index (χ4n) is 1.48. The second kappa shape index (κ2) is 5.06. The first-order valence-corrected chi connectivity index (χ1v) is 6.59. The van der Waals surface area contributed by atoms with Crippen molar-refractivity contribution in [2.45, 2.75) is 64.0 Å². The third kappa shape index (κ3) is 3.91. The molecule has 1 saturated carbocycles. The summed E-state index contributed by atoms with van der Waals surface area (Å²) in [4.78, 5) is 0. The Morgan fingerprint density at radius 2 is 1.57 bits per heavy atom. The molecule has 0 saturated heterocycles. The Balaban J connectivity index is 2.61. The van der Waals surface area contributed by atoms with Crippen molar-refractivity contribution in [3.63, 3.8) is 0 Å². The summed E-state index contributed by atoms with van der Waals surface area (Å²) in [7, 11) is -1.05. The van der Waals surface area contributed by atoms with Crippen LogP contribution in [-0.2, 0) is 11.0 Å². The predicted molar refractivity (Wildman–Crippen MR) is 63.0 cm³/mol. The second-order valence-electron chi connectivity index (χ2n) is 4.93. The molecule has 0 radical (unpaired) electrons. The molecule has 0 heterocycles. The summed E-state index contributed by atoms with van der Waals surface area (Å²) < 4.78 is 15.9. The van der Waals surface area contributed by atoms with Crippen molar-refractivity contribution in [2.24, 2.45) is 4.40 Å². The van der Waals surface area contributed by atoms with Crippen LogP contribution in [0.2, 0.25) is 0 Å². The van der Waals surface area contributed by atoms with Crippen LogP contribution in [0, 0.1) is 0 Å². The Bertz CT molecular complexity index is 230. The smallest absolute Gasteiger partial charge is 0.144 e. The molecular formula is C11H21NOS. The summed E-state index contributed by atoms with van der Waals surface area (Å²) in [5, 5.41) is 0. The topological polar surface area (TPSA) is 29.4 Å². The van der Waals surface area contributed by atoms with Gasteiger partial charge in [0.15, 0.2) is 0 Å². The average Bonchev–Trinajstić information content (AvgIpc) is 2.31. The van der Waals surface area contributed by atoms with E-state index in [0.717, 1.165) is 12.8 Å². The van der Waals surface area contributed by atoms with Gasteiger partial charge in [-0.05, 0) is 46.5 Å². The lowest BCUT2D eigenvalue weighted by atomic mass is 10.2. The monoisotopic (exact) mass is 215 g/mol. The Morgan fingerprint density at radius 1 is 1.07 bits per heavy atom. The highest BCUT2D eigenvalue weighted by molar-refractivity contribution is 7.85. The van der Waals surface area contributed by atoms with Gasteiger partial charge in [0.05, 0.1) is 4.75 Å². The van der Waals surface area contributed by atoms with Gasteiger partial charge in [0.1, 0.15) is 11.0 Å². The van der Waals surface area contributed by atoms with Gasteiger partial charge in [-0.25, -0.2) is 4.21 Å². The quantitative estimate of drug-likeness (QED) is 0.617. The third-order valence-electron chi connectivity index (χ3n) is 2.42. The average molecular weight is 215 g/mol. The van der Waals surface area contributed by atoms with Crippen LogP contribution in [0.1, 0.15) is 59.3 Å². The maximum atomic E-state index is 11.8. The van der Waals surface area contributed by atoms with E-state index < -0.39 is 11.0 Å². The molecule has 0 bridgehead atoms. The van der Waals surface area contributed by atoms with Gasteiger partial charge < -0.3 is 0 Å². The Hall–Kier alpha value is -0.180. The zero-order valence-electron chi connectivity index (χ0n) is 9.51. The molecule has 0 aromatic heterocycles. The number of hydrogen-bond acceptors (Lipinski definition) is 1. The molecule has 82 valence electrons. The van der Waals surface area contributed by atoms with E-state index in [1.54, 1.807) is 0 Å². The zero-order chi connectivity index (χ0) is 10.6. The molecular weight excluding hydrogens is 194 g/mol. The minimum atomic E-state index is -1.05. The normalized spacial score (nSPS) is 21.5. The number of nitrogens with zero attached hydrogens (tertiary/aromatic N) is 1. The molecule has 14 heavy (non-hydrogen) atoms. The van der Waals surface area contributed by atoms with Crippen molar-refractivity contribution in [2.75, 3.05) is 0 Å². The third-order valence-corrected chi connectivity index (χ3v) is 3.89. The minimum absolute atomic E-state index is 0.209. The van der Waals surface area contributed by atoms with E-state index in [0.29, 0.717) is 0 Å². The van der Waals surface area contributed by atoms with E-state index in [2.05, 4.69) is 4.40 Å². The van der Waals surface area contributed by atoms with E-state index in [4.69, 9.17) is 0 Å². The molecule has 1 rings (SSSR count). The van der Waals surface area contributed by atoms with Gasteiger partial charge in [0.25, 0.3) is 0 Å². The highest BCUT2D eigenvalue weighted by Gasteiger charge is 2.19. The van der Waals surface area contributed by atoms with Crippen molar-refractivity contribution in [3.8, 4) is 0 Å². The van der Waals surface area contributed by atoms with E-state index >= 15 is 0 Å². The summed E-state index contributed by atoms with van der Waals surface area (Å²) in [5.41, 5.74) is 1.18. The Morgan fingerprint density at radius 3 is 2.00 bits per heavy atom. The molecule has 0 spiro atoms. The Kier molecular flexibility index (Phi) is 4.30. The van der Waals surface area contributed by atoms with Gasteiger partial charge in [-0.1, -0.05) is 12.8 Å². The maximum Gasteiger partial charge on any atom is 0.144 e. The highest BCUT2D eigenvalue weighted by Crippen LogP contribution is 2.18. The van der Waals surface area contributed by atoms with E-state index in [-0.39, 0.29) is 4.75 Å². The number of rotatable bonds is 1. The van der Waals surface area contributed by atoms with Crippen LogP contribution < -0.4 is 0 Å². The molecule has 0 aromatic rings. The summed E-state index contributed by atoms with van der Waals surface area (Å²) in [6, 6.07) is 0. The van der Waals surface area contributed by atoms with Crippen LogP contribution in [0.5, 0.6) is 0 Å². The fourth-order valence-corrected chi connectivity index (χ4v) is 2.17. The molecule has 3 heteroatoms. The lowest BCUT2D eigenvalue weighted by molar-refractivity contribution is 0.650. The van der Waals surface area contributed by atoms with Gasteiger partial charge >= 0.3 is 0 Å². The second-order valence-corrected chi connectivity index (χ2v) is 6.84. The predicted octanol–water partition coefficient (Wildman–Crippen LogP) is 3.24. The first-order chi connectivity index (χ1) is 6.50. The molecule has 2 nitrogen and oxygen atoms in total. The van der Waals surface area contributed by atoms with Crippen LogP contribution >= 0.6 is 0 Å². The van der Waals surface area contributed by atoms with Gasteiger partial charge in [0, 0.05) is 5.71 Å². The van der Waals surface area contributed by atoms with Gasteiger partial charge in [-0.3, -0.25) is 0 Å². The van der Waals surface area contributed by atoms with Crippen molar-refractivity contribution in [1.29, 1.82) is 0 Å². The SMILES string of the molecule is CC(C)(C)[S@](=O)N=C1CCCCCC1. The van der Waals surface area contributed by atoms with Crippen molar-refractivity contribution < 1.29 is 4.21 Å². The zero-order valence-corrected chi connectivity index (χ0v) is 10.3.